The van der Waals surface area contributed by atoms with Crippen LogP contribution in [0.4, 0.5) is 4.39 Å². The molecule has 1 amide bonds. The monoisotopic (exact) mass is 489 g/mol. The first-order valence-electron chi connectivity index (χ1n) is 10.3. The zero-order valence-electron chi connectivity index (χ0n) is 18.3. The lowest BCUT2D eigenvalue weighted by Crippen LogP contribution is -2.28. The molecule has 0 aliphatic heterocycles. The summed E-state index contributed by atoms with van der Waals surface area (Å²) in [5, 5.41) is 11.1. The second-order valence-corrected chi connectivity index (χ2v) is 7.49. The predicted molar refractivity (Wildman–Crippen MR) is 127 cm³/mol. The number of rotatable bonds is 6. The number of aromatic nitrogens is 4. The van der Waals surface area contributed by atoms with Gasteiger partial charge in [-0.15, -0.1) is 10.2 Å². The molecule has 35 heavy (non-hydrogen) atoms. The number of benzene rings is 2. The second-order valence-electron chi connectivity index (χ2n) is 7.08. The second kappa shape index (κ2) is 10.6. The topological polar surface area (TPSA) is 99.0 Å². The standard InChI is InChI=1S/C25H17ClFN5O3/c1-35-24-14-17(12-13-28-24)21(33)15-29-23(34)11-10-22-30-31-25(16-6-8-18(27)9-7-16)32(22)20-5-3-2-4-19(20)26/h2-9,12-14H,15H2,1H3,(H,29,34). The summed E-state index contributed by atoms with van der Waals surface area (Å²) in [7, 11) is 1.44. The first-order chi connectivity index (χ1) is 17.0. The molecule has 174 valence electrons. The molecule has 0 bridgehead atoms. The van der Waals surface area contributed by atoms with Crippen LogP contribution in [0.15, 0.2) is 66.9 Å². The van der Waals surface area contributed by atoms with E-state index in [9.17, 15) is 14.0 Å². The highest BCUT2D eigenvalue weighted by Gasteiger charge is 2.17. The van der Waals surface area contributed by atoms with Crippen LogP contribution in [0.1, 0.15) is 16.2 Å². The molecule has 0 atom stereocenters. The number of carbonyl (C=O) groups is 2. The third-order valence-electron chi connectivity index (χ3n) is 4.82. The number of pyridine rings is 1. The maximum Gasteiger partial charge on any atom is 0.296 e. The van der Waals surface area contributed by atoms with E-state index in [0.29, 0.717) is 27.7 Å². The van der Waals surface area contributed by atoms with Gasteiger partial charge in [0.25, 0.3) is 5.91 Å². The van der Waals surface area contributed by atoms with Crippen molar-refractivity contribution in [2.24, 2.45) is 0 Å². The largest absolute Gasteiger partial charge is 0.481 e. The molecule has 0 saturated carbocycles. The summed E-state index contributed by atoms with van der Waals surface area (Å²) in [6, 6.07) is 15.7. The van der Waals surface area contributed by atoms with Crippen LogP contribution in [0.5, 0.6) is 5.88 Å². The van der Waals surface area contributed by atoms with E-state index in [1.165, 1.54) is 37.6 Å². The fourth-order valence-electron chi connectivity index (χ4n) is 3.13. The Hall–Kier alpha value is -4.55. The van der Waals surface area contributed by atoms with Gasteiger partial charge in [-0.1, -0.05) is 23.7 Å². The van der Waals surface area contributed by atoms with Gasteiger partial charge in [-0.05, 0) is 48.4 Å². The summed E-state index contributed by atoms with van der Waals surface area (Å²) in [4.78, 5) is 28.6. The van der Waals surface area contributed by atoms with Crippen LogP contribution in [0.25, 0.3) is 17.1 Å². The smallest absolute Gasteiger partial charge is 0.296 e. The van der Waals surface area contributed by atoms with Gasteiger partial charge >= 0.3 is 0 Å². The minimum Gasteiger partial charge on any atom is -0.481 e. The fourth-order valence-corrected chi connectivity index (χ4v) is 3.35. The SMILES string of the molecule is COc1cc(C(=O)CNC(=O)C#Cc2nnc(-c3ccc(F)cc3)n2-c2ccccc2Cl)ccn1. The molecule has 2 aromatic carbocycles. The lowest BCUT2D eigenvalue weighted by atomic mass is 10.2. The number of halogens is 2. The normalized spacial score (nSPS) is 10.3. The van der Waals surface area contributed by atoms with E-state index >= 15 is 0 Å². The van der Waals surface area contributed by atoms with Gasteiger partial charge in [0.2, 0.25) is 11.7 Å². The molecule has 4 aromatic rings. The van der Waals surface area contributed by atoms with Crippen molar-refractivity contribution in [1.29, 1.82) is 0 Å². The molecular weight excluding hydrogens is 473 g/mol. The highest BCUT2D eigenvalue weighted by Crippen LogP contribution is 2.27. The third-order valence-corrected chi connectivity index (χ3v) is 5.14. The van der Waals surface area contributed by atoms with Gasteiger partial charge in [-0.25, -0.2) is 9.37 Å². The van der Waals surface area contributed by atoms with E-state index in [2.05, 4.69) is 32.3 Å². The summed E-state index contributed by atoms with van der Waals surface area (Å²) in [5.41, 5.74) is 1.45. The molecule has 0 radical (unpaired) electrons. The lowest BCUT2D eigenvalue weighted by molar-refractivity contribution is -0.115. The summed E-state index contributed by atoms with van der Waals surface area (Å²) in [6.07, 6.45) is 1.44. The summed E-state index contributed by atoms with van der Waals surface area (Å²) in [5.74, 6) is 4.47. The number of carbonyl (C=O) groups excluding carboxylic acids is 2. The van der Waals surface area contributed by atoms with Crippen LogP contribution in [0.3, 0.4) is 0 Å². The minimum absolute atomic E-state index is 0.137. The number of nitrogens with one attached hydrogen (secondary N) is 1. The van der Waals surface area contributed by atoms with Crippen LogP contribution in [-0.2, 0) is 4.79 Å². The summed E-state index contributed by atoms with van der Waals surface area (Å²) >= 11 is 6.38. The molecule has 2 aromatic heterocycles. The zero-order valence-corrected chi connectivity index (χ0v) is 19.1. The van der Waals surface area contributed by atoms with Gasteiger partial charge in [0.1, 0.15) is 5.82 Å². The molecule has 2 heterocycles. The van der Waals surface area contributed by atoms with E-state index < -0.39 is 11.7 Å². The third kappa shape index (κ3) is 5.51. The number of methoxy groups -OCH3 is 1. The number of ketones is 1. The maximum atomic E-state index is 13.4. The molecular formula is C25H17ClFN5O3. The first kappa shape index (κ1) is 23.6. The number of hydrogen-bond donors (Lipinski definition) is 1. The Morgan fingerprint density at radius 3 is 2.63 bits per heavy atom. The van der Waals surface area contributed by atoms with Gasteiger partial charge in [-0.3, -0.25) is 14.2 Å². The van der Waals surface area contributed by atoms with Gasteiger partial charge < -0.3 is 10.1 Å². The van der Waals surface area contributed by atoms with Crippen LogP contribution >= 0.6 is 11.6 Å². The van der Waals surface area contributed by atoms with Crippen molar-refractivity contribution in [3.63, 3.8) is 0 Å². The Morgan fingerprint density at radius 1 is 1.11 bits per heavy atom. The van der Waals surface area contributed by atoms with Crippen molar-refractivity contribution < 1.29 is 18.7 Å². The van der Waals surface area contributed by atoms with Gasteiger partial charge in [-0.2, -0.15) is 0 Å². The molecule has 0 unspecified atom stereocenters. The Labute approximate surface area is 204 Å². The van der Waals surface area contributed by atoms with Crippen LogP contribution in [0.2, 0.25) is 5.02 Å². The van der Waals surface area contributed by atoms with E-state index in [1.54, 1.807) is 41.0 Å². The molecule has 10 heteroatoms. The molecule has 4 rings (SSSR count). The van der Waals surface area contributed by atoms with Gasteiger partial charge in [0.05, 0.1) is 24.4 Å². The lowest BCUT2D eigenvalue weighted by Gasteiger charge is -2.10. The van der Waals surface area contributed by atoms with Crippen molar-refractivity contribution >= 4 is 23.3 Å². The average Bonchev–Trinajstić information content (AvgIpc) is 3.30. The van der Waals surface area contributed by atoms with E-state index in [1.807, 2.05) is 0 Å². The van der Waals surface area contributed by atoms with Gasteiger partial charge in [0.15, 0.2) is 11.6 Å². The molecule has 8 nitrogen and oxygen atoms in total. The van der Waals surface area contributed by atoms with Crippen molar-refractivity contribution in [2.75, 3.05) is 13.7 Å². The highest BCUT2D eigenvalue weighted by molar-refractivity contribution is 6.32. The number of ether oxygens (including phenoxy) is 1. The van der Waals surface area contributed by atoms with Crippen molar-refractivity contribution in [3.05, 3.63) is 89.1 Å². The maximum absolute atomic E-state index is 13.4. The van der Waals surface area contributed by atoms with Crippen LogP contribution in [0, 0.1) is 17.7 Å². The van der Waals surface area contributed by atoms with Crippen molar-refractivity contribution in [2.45, 2.75) is 0 Å². The number of para-hydroxylation sites is 1. The Bertz CT molecular complexity index is 1460. The number of nitrogens with zero attached hydrogens (tertiary/aromatic N) is 4. The Balaban J connectivity index is 1.58. The molecule has 0 saturated heterocycles. The number of amides is 1. The summed E-state index contributed by atoms with van der Waals surface area (Å²) < 4.78 is 20.0. The van der Waals surface area contributed by atoms with Crippen molar-refractivity contribution in [3.8, 4) is 34.8 Å². The fraction of sp³-hybridized carbons (Fsp3) is 0.0800. The quantitative estimate of drug-likeness (QED) is 0.329. The average molecular weight is 490 g/mol. The Morgan fingerprint density at radius 2 is 1.89 bits per heavy atom. The number of Topliss-reactive ketones (excluding diaryl/α,β-unsaturated/α-hetero) is 1. The molecule has 1 N–H and O–H groups in total. The molecule has 0 fully saturated rings. The molecule has 0 aliphatic rings. The van der Waals surface area contributed by atoms with E-state index in [-0.39, 0.29) is 24.0 Å². The van der Waals surface area contributed by atoms with Crippen LogP contribution in [-0.4, -0.2) is 45.1 Å². The number of hydrogen-bond acceptors (Lipinski definition) is 6. The predicted octanol–water partition coefficient (Wildman–Crippen LogP) is 3.48. The summed E-state index contributed by atoms with van der Waals surface area (Å²) in [6.45, 7) is -0.265. The van der Waals surface area contributed by atoms with Crippen LogP contribution < -0.4 is 10.1 Å². The Kier molecular flexibility index (Phi) is 7.14. The first-order valence-corrected chi connectivity index (χ1v) is 10.6. The molecule has 0 aliphatic carbocycles. The van der Waals surface area contributed by atoms with Crippen molar-refractivity contribution in [1.82, 2.24) is 25.1 Å². The van der Waals surface area contributed by atoms with E-state index in [0.717, 1.165) is 0 Å². The minimum atomic E-state index is -0.684. The van der Waals surface area contributed by atoms with E-state index in [4.69, 9.17) is 16.3 Å². The highest BCUT2D eigenvalue weighted by atomic mass is 35.5. The zero-order chi connectivity index (χ0) is 24.8. The molecule has 0 spiro atoms. The van der Waals surface area contributed by atoms with Gasteiger partial charge in [0, 0.05) is 29.3 Å².